The topological polar surface area (TPSA) is 9.23 Å². The van der Waals surface area contributed by atoms with Gasteiger partial charge in [-0.2, -0.15) is 0 Å². The van der Waals surface area contributed by atoms with Crippen molar-refractivity contribution < 1.29 is 26.7 Å². The molecule has 2 saturated carbocycles. The molecule has 0 bridgehead atoms. The Morgan fingerprint density at radius 2 is 1.45 bits per heavy atom. The SMILES string of the molecule is CC/C=C/[C@H]1CC[C@H]([C@H]2CC[C@H](CCc3cc(F)c(OC(F)(F)F)c(F)c3)CC2)CC1. The maximum absolute atomic E-state index is 13.9. The number of rotatable bonds is 7. The number of aryl methyl sites for hydroxylation is 1. The number of benzene rings is 1. The van der Waals surface area contributed by atoms with Crippen molar-refractivity contribution >= 4 is 0 Å². The first-order valence-electron chi connectivity index (χ1n) is 11.7. The molecular weight excluding hydrogens is 411 g/mol. The summed E-state index contributed by atoms with van der Waals surface area (Å²) >= 11 is 0. The first kappa shape index (κ1) is 24.1. The molecule has 0 aromatic heterocycles. The van der Waals surface area contributed by atoms with E-state index in [2.05, 4.69) is 23.8 Å². The van der Waals surface area contributed by atoms with Gasteiger partial charge in [-0.15, -0.1) is 13.2 Å². The van der Waals surface area contributed by atoms with E-state index >= 15 is 0 Å². The molecule has 0 saturated heterocycles. The minimum absolute atomic E-state index is 0.380. The van der Waals surface area contributed by atoms with Gasteiger partial charge in [0.15, 0.2) is 11.6 Å². The van der Waals surface area contributed by atoms with Gasteiger partial charge in [-0.3, -0.25) is 0 Å². The number of alkyl halides is 3. The molecule has 1 aromatic carbocycles. The van der Waals surface area contributed by atoms with E-state index in [-0.39, 0.29) is 0 Å². The van der Waals surface area contributed by atoms with Crippen molar-refractivity contribution in [1.29, 1.82) is 0 Å². The molecule has 0 amide bonds. The normalized spacial score (nSPS) is 27.5. The fraction of sp³-hybridized carbons (Fsp3) is 0.680. The zero-order valence-electron chi connectivity index (χ0n) is 18.2. The Labute approximate surface area is 182 Å². The van der Waals surface area contributed by atoms with Crippen LogP contribution in [-0.4, -0.2) is 6.36 Å². The number of hydrogen-bond acceptors (Lipinski definition) is 1. The molecule has 0 atom stereocenters. The lowest BCUT2D eigenvalue weighted by atomic mass is 9.68. The Hall–Kier alpha value is -1.59. The Bertz CT molecular complexity index is 703. The molecule has 31 heavy (non-hydrogen) atoms. The van der Waals surface area contributed by atoms with Gasteiger partial charge in [-0.1, -0.05) is 31.9 Å². The van der Waals surface area contributed by atoms with Gasteiger partial charge in [-0.05, 0) is 99.2 Å². The highest BCUT2D eigenvalue weighted by Gasteiger charge is 2.34. The summed E-state index contributed by atoms with van der Waals surface area (Å²) in [7, 11) is 0. The van der Waals surface area contributed by atoms with Crippen LogP contribution in [0.3, 0.4) is 0 Å². The highest BCUT2D eigenvalue weighted by Crippen LogP contribution is 2.42. The third-order valence-electron chi connectivity index (χ3n) is 7.14. The summed E-state index contributed by atoms with van der Waals surface area (Å²) in [6.45, 7) is 2.17. The van der Waals surface area contributed by atoms with E-state index in [1.54, 1.807) is 0 Å². The van der Waals surface area contributed by atoms with Crippen LogP contribution in [0.5, 0.6) is 5.75 Å². The third kappa shape index (κ3) is 7.21. The van der Waals surface area contributed by atoms with Crippen molar-refractivity contribution in [2.24, 2.45) is 23.7 Å². The maximum Gasteiger partial charge on any atom is 0.573 e. The molecule has 2 aliphatic rings. The summed E-state index contributed by atoms with van der Waals surface area (Å²) < 4.78 is 68.0. The van der Waals surface area contributed by atoms with Gasteiger partial charge in [0, 0.05) is 0 Å². The Kier molecular flexibility index (Phi) is 8.40. The van der Waals surface area contributed by atoms with Gasteiger partial charge in [0.05, 0.1) is 0 Å². The zero-order valence-corrected chi connectivity index (χ0v) is 18.2. The van der Waals surface area contributed by atoms with Gasteiger partial charge in [-0.25, -0.2) is 8.78 Å². The van der Waals surface area contributed by atoms with Crippen LogP contribution in [0.2, 0.25) is 0 Å². The quantitative estimate of drug-likeness (QED) is 0.303. The van der Waals surface area contributed by atoms with Gasteiger partial charge >= 0.3 is 6.36 Å². The Morgan fingerprint density at radius 1 is 0.903 bits per heavy atom. The van der Waals surface area contributed by atoms with E-state index < -0.39 is 23.7 Å². The number of hydrogen-bond donors (Lipinski definition) is 0. The third-order valence-corrected chi connectivity index (χ3v) is 7.14. The second-order valence-electron chi connectivity index (χ2n) is 9.27. The second kappa shape index (κ2) is 10.8. The highest BCUT2D eigenvalue weighted by atomic mass is 19.4. The van der Waals surface area contributed by atoms with Crippen LogP contribution in [0, 0.1) is 35.3 Å². The molecule has 0 N–H and O–H groups in total. The fourth-order valence-corrected chi connectivity index (χ4v) is 5.43. The van der Waals surface area contributed by atoms with Crippen LogP contribution in [-0.2, 0) is 6.42 Å². The van der Waals surface area contributed by atoms with Gasteiger partial charge in [0.1, 0.15) is 0 Å². The molecule has 0 unspecified atom stereocenters. The van der Waals surface area contributed by atoms with Crippen molar-refractivity contribution in [3.05, 3.63) is 41.5 Å². The summed E-state index contributed by atoms with van der Waals surface area (Å²) in [6, 6.07) is 1.92. The first-order valence-corrected chi connectivity index (χ1v) is 11.7. The van der Waals surface area contributed by atoms with E-state index in [1.165, 1.54) is 38.5 Å². The van der Waals surface area contributed by atoms with Crippen LogP contribution in [0.15, 0.2) is 24.3 Å². The highest BCUT2D eigenvalue weighted by molar-refractivity contribution is 5.31. The van der Waals surface area contributed by atoms with Crippen molar-refractivity contribution in [3.63, 3.8) is 0 Å². The van der Waals surface area contributed by atoms with E-state index in [0.717, 1.165) is 55.6 Å². The van der Waals surface area contributed by atoms with Gasteiger partial charge in [0.25, 0.3) is 0 Å². The lowest BCUT2D eigenvalue weighted by molar-refractivity contribution is -0.276. The predicted octanol–water partition coefficient (Wildman–Crippen LogP) is 8.38. The minimum Gasteiger partial charge on any atom is -0.399 e. The average molecular weight is 445 g/mol. The summed E-state index contributed by atoms with van der Waals surface area (Å²) in [5.74, 6) is -1.10. The molecule has 1 nitrogen and oxygen atoms in total. The van der Waals surface area contributed by atoms with Gasteiger partial charge in [0.2, 0.25) is 5.75 Å². The lowest BCUT2D eigenvalue weighted by Gasteiger charge is -2.37. The number of ether oxygens (including phenoxy) is 1. The van der Waals surface area contributed by atoms with E-state index in [0.29, 0.717) is 17.9 Å². The van der Waals surface area contributed by atoms with Crippen molar-refractivity contribution in [1.82, 2.24) is 0 Å². The van der Waals surface area contributed by atoms with Crippen molar-refractivity contribution in [2.45, 2.75) is 83.9 Å². The first-order chi connectivity index (χ1) is 14.7. The van der Waals surface area contributed by atoms with Crippen molar-refractivity contribution in [2.75, 3.05) is 0 Å². The lowest BCUT2D eigenvalue weighted by Crippen LogP contribution is -2.25. The van der Waals surface area contributed by atoms with Crippen LogP contribution >= 0.6 is 0 Å². The van der Waals surface area contributed by atoms with E-state index in [1.807, 2.05) is 0 Å². The summed E-state index contributed by atoms with van der Waals surface area (Å²) in [5, 5.41) is 0. The number of halogens is 5. The molecule has 2 aliphatic carbocycles. The smallest absolute Gasteiger partial charge is 0.399 e. The van der Waals surface area contributed by atoms with E-state index in [9.17, 15) is 22.0 Å². The van der Waals surface area contributed by atoms with Gasteiger partial charge < -0.3 is 4.74 Å². The standard InChI is InChI=1S/C25H33F5O/c1-2-3-4-17-7-11-20(12-8-17)21-13-9-18(10-14-21)5-6-19-15-22(26)24(23(27)16-19)31-25(28,29)30/h3-4,15-18,20-21H,2,5-14H2,1H3/b4-3+/t17-,18-,20-,21-. The van der Waals surface area contributed by atoms with Crippen LogP contribution in [0.4, 0.5) is 22.0 Å². The molecule has 3 rings (SSSR count). The zero-order chi connectivity index (χ0) is 22.4. The fourth-order valence-electron chi connectivity index (χ4n) is 5.43. The molecule has 0 aliphatic heterocycles. The van der Waals surface area contributed by atoms with Crippen LogP contribution in [0.25, 0.3) is 0 Å². The summed E-state index contributed by atoms with van der Waals surface area (Å²) in [5.41, 5.74) is 0.380. The average Bonchev–Trinajstić information content (AvgIpc) is 2.73. The molecule has 0 heterocycles. The molecule has 174 valence electrons. The second-order valence-corrected chi connectivity index (χ2v) is 9.27. The van der Waals surface area contributed by atoms with Crippen LogP contribution in [0.1, 0.15) is 76.7 Å². The Balaban J connectivity index is 1.43. The monoisotopic (exact) mass is 444 g/mol. The van der Waals surface area contributed by atoms with E-state index in [4.69, 9.17) is 0 Å². The predicted molar refractivity (Wildman–Crippen MR) is 112 cm³/mol. The molecule has 1 aromatic rings. The molecule has 0 spiro atoms. The van der Waals surface area contributed by atoms with Crippen LogP contribution < -0.4 is 4.74 Å². The summed E-state index contributed by atoms with van der Waals surface area (Å²) in [6.07, 6.45) is 11.8. The Morgan fingerprint density at radius 3 is 1.97 bits per heavy atom. The molecule has 2 fully saturated rings. The molecule has 6 heteroatoms. The maximum atomic E-state index is 13.9. The number of allylic oxidation sites excluding steroid dienone is 2. The minimum atomic E-state index is -5.12. The molecule has 0 radical (unpaired) electrons. The summed E-state index contributed by atoms with van der Waals surface area (Å²) in [4.78, 5) is 0. The molecular formula is C25H33F5O. The largest absolute Gasteiger partial charge is 0.573 e. The van der Waals surface area contributed by atoms with Crippen molar-refractivity contribution in [3.8, 4) is 5.75 Å².